The number of anilines is 1. The minimum atomic E-state index is -1.23. The largest absolute Gasteiger partial charge is 0.465 e. The standard InChI is InChI=1S/C11H9F2N5O2/c1-20-11(19)8-5(12)2-3-6(9(8)13)17-18-7(4-14)10(15)16/h2-3,17H,1H3,(H3,15,16)/b18-7+. The SMILES string of the molecule is COC(=O)c1c(F)ccc(N/N=C(\C#N)C(=N)N)c1F. The lowest BCUT2D eigenvalue weighted by Gasteiger charge is -2.07. The van der Waals surface area contributed by atoms with Crippen LogP contribution in [0.4, 0.5) is 14.5 Å². The molecule has 1 aromatic rings. The number of methoxy groups -OCH3 is 1. The second-order valence-electron chi connectivity index (χ2n) is 3.37. The summed E-state index contributed by atoms with van der Waals surface area (Å²) in [4.78, 5) is 11.2. The van der Waals surface area contributed by atoms with Crippen LogP contribution < -0.4 is 11.2 Å². The van der Waals surface area contributed by atoms with Gasteiger partial charge in [0, 0.05) is 0 Å². The summed E-state index contributed by atoms with van der Waals surface area (Å²) in [6.45, 7) is 0. The van der Waals surface area contributed by atoms with E-state index in [4.69, 9.17) is 16.4 Å². The molecule has 7 nitrogen and oxygen atoms in total. The Labute approximate surface area is 112 Å². The lowest BCUT2D eigenvalue weighted by molar-refractivity contribution is 0.0590. The number of amidine groups is 1. The molecule has 0 radical (unpaired) electrons. The monoisotopic (exact) mass is 281 g/mol. The number of carbonyl (C=O) groups is 1. The highest BCUT2D eigenvalue weighted by Gasteiger charge is 2.21. The van der Waals surface area contributed by atoms with Crippen molar-refractivity contribution in [2.75, 3.05) is 12.5 Å². The van der Waals surface area contributed by atoms with E-state index in [1.54, 1.807) is 0 Å². The average Bonchev–Trinajstić information content (AvgIpc) is 2.41. The Morgan fingerprint density at radius 2 is 2.20 bits per heavy atom. The maximum Gasteiger partial charge on any atom is 0.343 e. The first-order valence-corrected chi connectivity index (χ1v) is 5.06. The molecule has 0 unspecified atom stereocenters. The summed E-state index contributed by atoms with van der Waals surface area (Å²) in [5.74, 6) is -4.16. The van der Waals surface area contributed by atoms with Gasteiger partial charge in [0.05, 0.1) is 12.8 Å². The van der Waals surface area contributed by atoms with Crippen LogP contribution in [0.25, 0.3) is 0 Å². The Bertz CT molecular complexity index is 636. The van der Waals surface area contributed by atoms with Gasteiger partial charge in [-0.15, -0.1) is 0 Å². The molecule has 1 aromatic carbocycles. The molecule has 0 heterocycles. The molecule has 0 amide bonds. The van der Waals surface area contributed by atoms with Crippen LogP contribution in [-0.4, -0.2) is 24.6 Å². The topological polar surface area (TPSA) is 124 Å². The van der Waals surface area contributed by atoms with Gasteiger partial charge in [0.2, 0.25) is 5.71 Å². The van der Waals surface area contributed by atoms with Crippen molar-refractivity contribution in [3.05, 3.63) is 29.3 Å². The second-order valence-corrected chi connectivity index (χ2v) is 3.37. The molecule has 20 heavy (non-hydrogen) atoms. The van der Waals surface area contributed by atoms with E-state index in [2.05, 4.69) is 15.3 Å². The fourth-order valence-corrected chi connectivity index (χ4v) is 1.19. The normalized spacial score (nSPS) is 10.6. The summed E-state index contributed by atoms with van der Waals surface area (Å²) in [5.41, 5.74) is 5.36. The van der Waals surface area contributed by atoms with E-state index in [0.717, 1.165) is 19.2 Å². The summed E-state index contributed by atoms with van der Waals surface area (Å²) in [6.07, 6.45) is 0. The van der Waals surface area contributed by atoms with E-state index in [1.807, 2.05) is 0 Å². The van der Waals surface area contributed by atoms with Gasteiger partial charge >= 0.3 is 5.97 Å². The molecule has 0 aromatic heterocycles. The highest BCUT2D eigenvalue weighted by molar-refractivity contribution is 6.45. The maximum absolute atomic E-state index is 13.9. The molecule has 0 saturated carbocycles. The number of ether oxygens (including phenoxy) is 1. The van der Waals surface area contributed by atoms with Crippen LogP contribution in [0.15, 0.2) is 17.2 Å². The fraction of sp³-hybridized carbons (Fsp3) is 0.0909. The van der Waals surface area contributed by atoms with E-state index in [1.165, 1.54) is 6.07 Å². The quantitative estimate of drug-likeness (QED) is 0.328. The van der Waals surface area contributed by atoms with Crippen LogP contribution in [0, 0.1) is 28.4 Å². The third-order valence-electron chi connectivity index (χ3n) is 2.13. The first kappa shape index (κ1) is 15.0. The van der Waals surface area contributed by atoms with E-state index >= 15 is 0 Å². The van der Waals surface area contributed by atoms with Crippen molar-refractivity contribution in [2.45, 2.75) is 0 Å². The number of carbonyl (C=O) groups excluding carboxylic acids is 1. The van der Waals surface area contributed by atoms with E-state index in [9.17, 15) is 13.6 Å². The minimum Gasteiger partial charge on any atom is -0.465 e. The number of nitrogens with two attached hydrogens (primary N) is 1. The van der Waals surface area contributed by atoms with Gasteiger partial charge in [-0.05, 0) is 12.1 Å². The maximum atomic E-state index is 13.9. The number of hydrogen-bond donors (Lipinski definition) is 3. The zero-order valence-electron chi connectivity index (χ0n) is 10.2. The highest BCUT2D eigenvalue weighted by Crippen LogP contribution is 2.21. The number of nitriles is 1. The van der Waals surface area contributed by atoms with Crippen molar-refractivity contribution in [3.63, 3.8) is 0 Å². The lowest BCUT2D eigenvalue weighted by atomic mass is 10.1. The zero-order chi connectivity index (χ0) is 15.3. The van der Waals surface area contributed by atoms with Crippen LogP contribution in [0.3, 0.4) is 0 Å². The Morgan fingerprint density at radius 3 is 2.70 bits per heavy atom. The molecule has 0 spiro atoms. The third kappa shape index (κ3) is 3.05. The van der Waals surface area contributed by atoms with Gasteiger partial charge in [0.25, 0.3) is 0 Å². The van der Waals surface area contributed by atoms with Crippen molar-refractivity contribution in [1.29, 1.82) is 10.7 Å². The fourth-order valence-electron chi connectivity index (χ4n) is 1.19. The van der Waals surface area contributed by atoms with Crippen molar-refractivity contribution < 1.29 is 18.3 Å². The van der Waals surface area contributed by atoms with E-state index in [-0.39, 0.29) is 5.69 Å². The second kappa shape index (κ2) is 6.24. The summed E-state index contributed by atoms with van der Waals surface area (Å²) in [5, 5.41) is 19.0. The average molecular weight is 281 g/mol. The first-order chi connectivity index (χ1) is 9.42. The molecule has 0 saturated heterocycles. The Hall–Kier alpha value is -3.02. The first-order valence-electron chi connectivity index (χ1n) is 5.06. The van der Waals surface area contributed by atoms with Crippen LogP contribution in [0.5, 0.6) is 0 Å². The van der Waals surface area contributed by atoms with Crippen LogP contribution in [0.2, 0.25) is 0 Å². The number of halogens is 2. The third-order valence-corrected chi connectivity index (χ3v) is 2.13. The van der Waals surface area contributed by atoms with Crippen molar-refractivity contribution in [3.8, 4) is 6.07 Å². The van der Waals surface area contributed by atoms with Gasteiger partial charge in [0.15, 0.2) is 11.7 Å². The van der Waals surface area contributed by atoms with Gasteiger partial charge < -0.3 is 10.5 Å². The van der Waals surface area contributed by atoms with E-state index < -0.39 is 34.7 Å². The summed E-state index contributed by atoms with van der Waals surface area (Å²) in [7, 11) is 0.975. The Morgan fingerprint density at radius 1 is 1.55 bits per heavy atom. The highest BCUT2D eigenvalue weighted by atomic mass is 19.1. The number of rotatable bonds is 4. The Kier molecular flexibility index (Phi) is 4.69. The van der Waals surface area contributed by atoms with Gasteiger partial charge in [-0.3, -0.25) is 10.8 Å². The Balaban J connectivity index is 3.20. The predicted octanol–water partition coefficient (Wildman–Crippen LogP) is 0.979. The predicted molar refractivity (Wildman–Crippen MR) is 66.3 cm³/mol. The van der Waals surface area contributed by atoms with Crippen LogP contribution >= 0.6 is 0 Å². The molecule has 0 fully saturated rings. The molecular formula is C11H9F2N5O2. The lowest BCUT2D eigenvalue weighted by Crippen LogP contribution is -2.22. The molecule has 0 aliphatic rings. The summed E-state index contributed by atoms with van der Waals surface area (Å²) < 4.78 is 31.5. The van der Waals surface area contributed by atoms with Gasteiger partial charge in [0.1, 0.15) is 17.4 Å². The number of hydrogen-bond acceptors (Lipinski definition) is 6. The molecule has 1 rings (SSSR count). The zero-order valence-corrected chi connectivity index (χ0v) is 10.2. The van der Waals surface area contributed by atoms with Gasteiger partial charge in [-0.2, -0.15) is 10.4 Å². The summed E-state index contributed by atoms with van der Waals surface area (Å²) in [6, 6.07) is 3.30. The molecular weight excluding hydrogens is 272 g/mol. The molecule has 9 heteroatoms. The molecule has 0 bridgehead atoms. The number of hydrazone groups is 1. The van der Waals surface area contributed by atoms with Gasteiger partial charge in [-0.25, -0.2) is 13.6 Å². The van der Waals surface area contributed by atoms with Crippen LogP contribution in [0.1, 0.15) is 10.4 Å². The van der Waals surface area contributed by atoms with Crippen LogP contribution in [-0.2, 0) is 4.74 Å². The molecule has 4 N–H and O–H groups in total. The molecule has 0 aliphatic carbocycles. The van der Waals surface area contributed by atoms with Gasteiger partial charge in [-0.1, -0.05) is 0 Å². The minimum absolute atomic E-state index is 0.374. The van der Waals surface area contributed by atoms with E-state index in [0.29, 0.717) is 0 Å². The smallest absolute Gasteiger partial charge is 0.343 e. The van der Waals surface area contributed by atoms with Crippen molar-refractivity contribution >= 4 is 23.2 Å². The van der Waals surface area contributed by atoms with Crippen molar-refractivity contribution in [1.82, 2.24) is 0 Å². The molecule has 0 aliphatic heterocycles. The number of nitrogens with one attached hydrogen (secondary N) is 2. The van der Waals surface area contributed by atoms with Crippen molar-refractivity contribution in [2.24, 2.45) is 10.8 Å². The summed E-state index contributed by atoms with van der Waals surface area (Å²) >= 11 is 0. The number of nitrogens with zero attached hydrogens (tertiary/aromatic N) is 2. The number of esters is 1. The molecule has 104 valence electrons. The molecule has 0 atom stereocenters. The number of benzene rings is 1.